The van der Waals surface area contributed by atoms with E-state index in [0.29, 0.717) is 17.5 Å². The third-order valence-electron chi connectivity index (χ3n) is 10.7. The van der Waals surface area contributed by atoms with Gasteiger partial charge in [0.2, 0.25) is 0 Å². The van der Waals surface area contributed by atoms with Crippen LogP contribution in [0.2, 0.25) is 0 Å². The summed E-state index contributed by atoms with van der Waals surface area (Å²) in [6, 6.07) is 56.8. The summed E-state index contributed by atoms with van der Waals surface area (Å²) in [5.74, 6) is 1.74. The molecule has 0 aliphatic heterocycles. The molecule has 0 bridgehead atoms. The average molecular weight is 722 g/mol. The van der Waals surface area contributed by atoms with Crippen LogP contribution in [0.15, 0.2) is 173 Å². The van der Waals surface area contributed by atoms with Gasteiger partial charge in [-0.05, 0) is 59.0 Å². The molecule has 8 aromatic carbocycles. The molecule has 4 aromatic heterocycles. The van der Waals surface area contributed by atoms with Crippen LogP contribution in [-0.4, -0.2) is 15.0 Å². The van der Waals surface area contributed by atoms with E-state index in [1.807, 2.05) is 84.1 Å². The van der Waals surface area contributed by atoms with Crippen molar-refractivity contribution in [1.82, 2.24) is 15.0 Å². The molecule has 0 atom stereocenters. The maximum atomic E-state index is 6.78. The summed E-state index contributed by atoms with van der Waals surface area (Å²) < 4.78 is 15.6. The summed E-state index contributed by atoms with van der Waals surface area (Å²) in [6.45, 7) is 0. The van der Waals surface area contributed by atoms with E-state index < -0.39 is 0 Å². The molecule has 0 aliphatic rings. The Morgan fingerprint density at radius 1 is 0.345 bits per heavy atom. The lowest BCUT2D eigenvalue weighted by Gasteiger charge is -2.11. The van der Waals surface area contributed by atoms with Crippen molar-refractivity contribution in [2.45, 2.75) is 0 Å². The first-order valence-corrected chi connectivity index (χ1v) is 19.1. The third kappa shape index (κ3) is 4.62. The van der Waals surface area contributed by atoms with Crippen LogP contribution < -0.4 is 0 Å². The molecule has 5 nitrogen and oxygen atoms in total. The zero-order valence-electron chi connectivity index (χ0n) is 29.2. The van der Waals surface area contributed by atoms with Gasteiger partial charge in [-0.3, -0.25) is 0 Å². The van der Waals surface area contributed by atoms with Crippen LogP contribution in [0.4, 0.5) is 0 Å². The van der Waals surface area contributed by atoms with Crippen molar-refractivity contribution in [3.8, 4) is 45.3 Å². The summed E-state index contributed by atoms with van der Waals surface area (Å²) in [4.78, 5) is 15.6. The van der Waals surface area contributed by atoms with Gasteiger partial charge in [0.15, 0.2) is 17.5 Å². The summed E-state index contributed by atoms with van der Waals surface area (Å²) in [5.41, 5.74) is 8.22. The lowest BCUT2D eigenvalue weighted by atomic mass is 9.93. The largest absolute Gasteiger partial charge is 0.456 e. The summed E-state index contributed by atoms with van der Waals surface area (Å²) in [7, 11) is 0. The van der Waals surface area contributed by atoms with E-state index in [4.69, 9.17) is 23.8 Å². The van der Waals surface area contributed by atoms with Crippen molar-refractivity contribution < 1.29 is 8.83 Å². The number of benzene rings is 8. The van der Waals surface area contributed by atoms with Gasteiger partial charge in [0, 0.05) is 63.8 Å². The molecule has 0 N–H and O–H groups in total. The molecule has 6 heteroatoms. The molecule has 0 amide bonds. The zero-order chi connectivity index (χ0) is 36.0. The smallest absolute Gasteiger partial charge is 0.164 e. The molecule has 0 spiro atoms. The highest BCUT2D eigenvalue weighted by Crippen LogP contribution is 2.45. The first-order valence-electron chi connectivity index (χ1n) is 18.3. The van der Waals surface area contributed by atoms with Gasteiger partial charge in [-0.25, -0.2) is 15.0 Å². The lowest BCUT2D eigenvalue weighted by molar-refractivity contribution is 0.669. The van der Waals surface area contributed by atoms with E-state index in [9.17, 15) is 0 Å². The molecule has 0 aliphatic carbocycles. The van der Waals surface area contributed by atoms with E-state index in [-0.39, 0.29) is 0 Å². The number of aromatic nitrogens is 3. The summed E-state index contributed by atoms with van der Waals surface area (Å²) in [6.07, 6.45) is 0. The average Bonchev–Trinajstić information content (AvgIpc) is 3.95. The van der Waals surface area contributed by atoms with Crippen LogP contribution in [0.1, 0.15) is 0 Å². The fourth-order valence-corrected chi connectivity index (χ4v) is 9.35. The van der Waals surface area contributed by atoms with Crippen molar-refractivity contribution in [2.24, 2.45) is 0 Å². The second-order valence-corrected chi connectivity index (χ2v) is 15.0. The Morgan fingerprint density at radius 2 is 0.945 bits per heavy atom. The fraction of sp³-hybridized carbons (Fsp3) is 0. The van der Waals surface area contributed by atoms with E-state index in [1.165, 1.54) is 20.2 Å². The van der Waals surface area contributed by atoms with Gasteiger partial charge in [-0.2, -0.15) is 0 Å². The molecule has 55 heavy (non-hydrogen) atoms. The van der Waals surface area contributed by atoms with Gasteiger partial charge < -0.3 is 8.83 Å². The Morgan fingerprint density at radius 3 is 1.75 bits per heavy atom. The van der Waals surface area contributed by atoms with Crippen molar-refractivity contribution in [3.05, 3.63) is 164 Å². The maximum Gasteiger partial charge on any atom is 0.164 e. The van der Waals surface area contributed by atoms with Crippen LogP contribution in [0.5, 0.6) is 0 Å². The Labute approximate surface area is 317 Å². The van der Waals surface area contributed by atoms with Crippen molar-refractivity contribution in [2.75, 3.05) is 0 Å². The second kappa shape index (κ2) is 11.7. The Balaban J connectivity index is 1.14. The van der Waals surface area contributed by atoms with Crippen LogP contribution in [0.25, 0.3) is 120 Å². The number of fused-ring (bicyclic) bond motifs is 11. The second-order valence-electron chi connectivity index (χ2n) is 13.9. The number of para-hydroxylation sites is 1. The summed E-state index contributed by atoms with van der Waals surface area (Å²) in [5, 5.41) is 8.74. The van der Waals surface area contributed by atoms with Gasteiger partial charge in [0.05, 0.1) is 0 Å². The van der Waals surface area contributed by atoms with Gasteiger partial charge in [0.1, 0.15) is 22.3 Å². The highest BCUT2D eigenvalue weighted by Gasteiger charge is 2.22. The van der Waals surface area contributed by atoms with Crippen LogP contribution in [-0.2, 0) is 0 Å². The normalized spacial score (nSPS) is 12.0. The van der Waals surface area contributed by atoms with E-state index in [1.54, 1.807) is 0 Å². The zero-order valence-corrected chi connectivity index (χ0v) is 30.0. The highest BCUT2D eigenvalue weighted by molar-refractivity contribution is 7.25. The highest BCUT2D eigenvalue weighted by atomic mass is 32.1. The summed E-state index contributed by atoms with van der Waals surface area (Å²) >= 11 is 1.84. The molecule has 0 fully saturated rings. The lowest BCUT2D eigenvalue weighted by Crippen LogP contribution is -2.00. The van der Waals surface area contributed by atoms with Gasteiger partial charge in [0.25, 0.3) is 0 Å². The Bertz CT molecular complexity index is 3510. The number of hydrogen-bond donors (Lipinski definition) is 0. The standard InChI is InChI=1S/C49H27N3O2S/c1-2-12-28(13-3-1)47-50-48(34-18-10-21-40-44(34)33-17-6-8-20-39(33)53-40)52-49(51-47)35-19-11-22-41-45(35)38-27-36(30-14-4-5-16-32(30)46(38)54-41)29-24-25-43-37(26-29)31-15-7-9-23-42(31)55-43/h1-27H. The number of rotatable bonds is 4. The topological polar surface area (TPSA) is 65.0 Å². The van der Waals surface area contributed by atoms with E-state index >= 15 is 0 Å². The molecule has 0 saturated carbocycles. The Kier molecular flexibility index (Phi) is 6.44. The number of hydrogen-bond acceptors (Lipinski definition) is 6. The Hall–Kier alpha value is -7.15. The van der Waals surface area contributed by atoms with Crippen molar-refractivity contribution >= 4 is 86.2 Å². The molecule has 0 unspecified atom stereocenters. The monoisotopic (exact) mass is 721 g/mol. The maximum absolute atomic E-state index is 6.78. The molecule has 0 saturated heterocycles. The molecule has 12 rings (SSSR count). The van der Waals surface area contributed by atoms with E-state index in [2.05, 4.69) is 91.0 Å². The predicted octanol–water partition coefficient (Wildman–Crippen LogP) is 13.9. The molecule has 4 heterocycles. The first kappa shape index (κ1) is 30.3. The quantitative estimate of drug-likeness (QED) is 0.181. The predicted molar refractivity (Wildman–Crippen MR) is 227 cm³/mol. The number of nitrogens with zero attached hydrogens (tertiary/aromatic N) is 3. The molecule has 12 aromatic rings. The van der Waals surface area contributed by atoms with Gasteiger partial charge >= 0.3 is 0 Å². The fourth-order valence-electron chi connectivity index (χ4n) is 8.26. The van der Waals surface area contributed by atoms with Crippen LogP contribution in [0.3, 0.4) is 0 Å². The number of thiophene rings is 1. The minimum atomic E-state index is 0.572. The van der Waals surface area contributed by atoms with Crippen LogP contribution >= 0.6 is 11.3 Å². The molecular formula is C49H27N3O2S. The first-order chi connectivity index (χ1) is 27.2. The van der Waals surface area contributed by atoms with E-state index in [0.717, 1.165) is 82.5 Å². The van der Waals surface area contributed by atoms with Crippen molar-refractivity contribution in [1.29, 1.82) is 0 Å². The van der Waals surface area contributed by atoms with Crippen LogP contribution in [0, 0.1) is 0 Å². The van der Waals surface area contributed by atoms with Gasteiger partial charge in [-0.15, -0.1) is 11.3 Å². The molecular weight excluding hydrogens is 695 g/mol. The number of furan rings is 2. The molecule has 0 radical (unpaired) electrons. The minimum Gasteiger partial charge on any atom is -0.456 e. The SMILES string of the molecule is c1ccc(-c2nc(-c3cccc4oc5ccccc5c34)nc(-c3cccc4oc5c6ccccc6c(-c6ccc7sc8ccccc8c7c6)cc5c34)n2)cc1. The van der Waals surface area contributed by atoms with Crippen molar-refractivity contribution in [3.63, 3.8) is 0 Å². The third-order valence-corrected chi connectivity index (χ3v) is 11.9. The minimum absolute atomic E-state index is 0.572. The molecule has 256 valence electrons. The van der Waals surface area contributed by atoms with Gasteiger partial charge in [-0.1, -0.05) is 121 Å².